The Balaban J connectivity index is 1.47. The van der Waals surface area contributed by atoms with E-state index in [1.807, 2.05) is 0 Å². The standard InChI is InChI=1S/C23H23ClFNO5/c1-30-23(29)16-4-2-3-5-20(16)31-21-9-14-12-26(11-13(14)8-19(21)27)22(28)17-10-15(24)6-7-18(17)25/h2-7,10,13-14,19,21,27H,8-9,11-12H2,1H3/t13-,14+,19+,21+/m0/s1. The van der Waals surface area contributed by atoms with Gasteiger partial charge in [0.1, 0.15) is 23.2 Å². The first-order valence-corrected chi connectivity index (χ1v) is 10.5. The van der Waals surface area contributed by atoms with Crippen molar-refractivity contribution in [2.75, 3.05) is 20.2 Å². The Kier molecular flexibility index (Phi) is 6.16. The molecule has 1 N–H and O–H groups in total. The molecule has 4 rings (SSSR count). The maximum atomic E-state index is 14.1. The predicted octanol–water partition coefficient (Wildman–Crippen LogP) is 3.56. The van der Waals surface area contributed by atoms with Gasteiger partial charge in [0.2, 0.25) is 0 Å². The number of likely N-dealkylation sites (tertiary alicyclic amines) is 1. The Hall–Kier alpha value is -2.64. The second-order valence-electron chi connectivity index (χ2n) is 8.04. The van der Waals surface area contributed by atoms with Crippen LogP contribution in [0.15, 0.2) is 42.5 Å². The number of esters is 1. The van der Waals surface area contributed by atoms with Crippen LogP contribution in [0.3, 0.4) is 0 Å². The van der Waals surface area contributed by atoms with Crippen molar-refractivity contribution in [2.45, 2.75) is 25.0 Å². The topological polar surface area (TPSA) is 76.1 Å². The van der Waals surface area contributed by atoms with Crippen molar-refractivity contribution in [1.82, 2.24) is 4.90 Å². The Morgan fingerprint density at radius 2 is 1.81 bits per heavy atom. The number of amides is 1. The zero-order chi connectivity index (χ0) is 22.1. The molecule has 164 valence electrons. The molecule has 1 amide bonds. The van der Waals surface area contributed by atoms with Gasteiger partial charge in [0, 0.05) is 18.1 Å². The van der Waals surface area contributed by atoms with Gasteiger partial charge >= 0.3 is 5.97 Å². The van der Waals surface area contributed by atoms with Crippen molar-refractivity contribution in [3.05, 3.63) is 64.4 Å². The molecular weight excluding hydrogens is 425 g/mol. The van der Waals surface area contributed by atoms with Crippen LogP contribution in [0.1, 0.15) is 33.6 Å². The lowest BCUT2D eigenvalue weighted by Gasteiger charge is -2.35. The van der Waals surface area contributed by atoms with Crippen LogP contribution in [0.2, 0.25) is 5.02 Å². The molecule has 2 aliphatic rings. The molecule has 8 heteroatoms. The van der Waals surface area contributed by atoms with Crippen LogP contribution < -0.4 is 4.74 Å². The van der Waals surface area contributed by atoms with Gasteiger partial charge in [-0.25, -0.2) is 9.18 Å². The number of hydrogen-bond acceptors (Lipinski definition) is 5. The molecule has 2 aromatic rings. The van der Waals surface area contributed by atoms with Gasteiger partial charge in [-0.15, -0.1) is 0 Å². The van der Waals surface area contributed by atoms with E-state index in [0.717, 1.165) is 0 Å². The van der Waals surface area contributed by atoms with Crippen molar-refractivity contribution < 1.29 is 28.6 Å². The van der Waals surface area contributed by atoms with E-state index in [0.29, 0.717) is 42.3 Å². The number of para-hydroxylation sites is 1. The van der Waals surface area contributed by atoms with E-state index in [4.69, 9.17) is 21.1 Å². The lowest BCUT2D eigenvalue weighted by molar-refractivity contribution is -0.0237. The molecule has 2 fully saturated rings. The molecule has 1 aliphatic heterocycles. The van der Waals surface area contributed by atoms with Crippen LogP contribution in [0, 0.1) is 17.7 Å². The molecule has 1 aliphatic carbocycles. The van der Waals surface area contributed by atoms with E-state index >= 15 is 0 Å². The van der Waals surface area contributed by atoms with Crippen molar-refractivity contribution >= 4 is 23.5 Å². The number of aliphatic hydroxyl groups excluding tert-OH is 1. The fourth-order valence-corrected chi connectivity index (χ4v) is 4.70. The third kappa shape index (κ3) is 4.38. The summed E-state index contributed by atoms with van der Waals surface area (Å²) in [6.45, 7) is 0.888. The lowest BCUT2D eigenvalue weighted by atomic mass is 9.78. The van der Waals surface area contributed by atoms with E-state index in [-0.39, 0.29) is 17.4 Å². The molecule has 0 radical (unpaired) electrons. The van der Waals surface area contributed by atoms with Gasteiger partial charge in [-0.05, 0) is 55.0 Å². The summed E-state index contributed by atoms with van der Waals surface area (Å²) in [4.78, 5) is 26.5. The van der Waals surface area contributed by atoms with Crippen LogP contribution in [-0.2, 0) is 4.74 Å². The van der Waals surface area contributed by atoms with E-state index in [1.54, 1.807) is 29.2 Å². The van der Waals surface area contributed by atoms with Crippen LogP contribution in [-0.4, -0.2) is 54.3 Å². The van der Waals surface area contributed by atoms with Crippen LogP contribution >= 0.6 is 11.6 Å². The van der Waals surface area contributed by atoms with Crippen molar-refractivity contribution in [3.8, 4) is 5.75 Å². The largest absolute Gasteiger partial charge is 0.487 e. The number of fused-ring (bicyclic) bond motifs is 1. The highest BCUT2D eigenvalue weighted by Gasteiger charge is 2.44. The number of methoxy groups -OCH3 is 1. The highest BCUT2D eigenvalue weighted by Crippen LogP contribution is 2.39. The summed E-state index contributed by atoms with van der Waals surface area (Å²) in [5.74, 6) is -0.979. The van der Waals surface area contributed by atoms with Gasteiger partial charge in [-0.2, -0.15) is 0 Å². The number of halogens is 2. The first kappa shape index (κ1) is 21.6. The number of carbonyl (C=O) groups excluding carboxylic acids is 2. The lowest BCUT2D eigenvalue weighted by Crippen LogP contribution is -2.42. The average molecular weight is 448 g/mol. The number of ether oxygens (including phenoxy) is 2. The number of aliphatic hydroxyl groups is 1. The first-order chi connectivity index (χ1) is 14.9. The molecule has 0 bridgehead atoms. The second kappa shape index (κ2) is 8.85. The Bertz CT molecular complexity index is 1000. The van der Waals surface area contributed by atoms with E-state index in [1.165, 1.54) is 25.3 Å². The fourth-order valence-electron chi connectivity index (χ4n) is 4.53. The summed E-state index contributed by atoms with van der Waals surface area (Å²) in [7, 11) is 1.30. The molecule has 0 unspecified atom stereocenters. The summed E-state index contributed by atoms with van der Waals surface area (Å²) < 4.78 is 24.9. The molecule has 2 aromatic carbocycles. The summed E-state index contributed by atoms with van der Waals surface area (Å²) >= 11 is 5.93. The third-order valence-corrected chi connectivity index (χ3v) is 6.34. The number of carbonyl (C=O) groups is 2. The second-order valence-corrected chi connectivity index (χ2v) is 8.47. The summed E-state index contributed by atoms with van der Waals surface area (Å²) in [6, 6.07) is 10.7. The predicted molar refractivity (Wildman–Crippen MR) is 112 cm³/mol. The average Bonchev–Trinajstić information content (AvgIpc) is 3.17. The Labute approximate surface area is 184 Å². The van der Waals surface area contributed by atoms with Crippen LogP contribution in [0.4, 0.5) is 4.39 Å². The van der Waals surface area contributed by atoms with E-state index in [9.17, 15) is 19.1 Å². The number of benzene rings is 2. The zero-order valence-corrected chi connectivity index (χ0v) is 17.7. The number of rotatable bonds is 4. The molecule has 1 heterocycles. The smallest absolute Gasteiger partial charge is 0.341 e. The maximum Gasteiger partial charge on any atom is 0.341 e. The highest BCUT2D eigenvalue weighted by molar-refractivity contribution is 6.31. The zero-order valence-electron chi connectivity index (χ0n) is 17.0. The normalized spacial score (nSPS) is 25.1. The summed E-state index contributed by atoms with van der Waals surface area (Å²) in [5, 5.41) is 11.0. The summed E-state index contributed by atoms with van der Waals surface area (Å²) in [6.07, 6.45) is -0.296. The van der Waals surface area contributed by atoms with Gasteiger partial charge in [-0.3, -0.25) is 4.79 Å². The molecule has 31 heavy (non-hydrogen) atoms. The minimum Gasteiger partial charge on any atom is -0.487 e. The van der Waals surface area contributed by atoms with Gasteiger partial charge in [0.15, 0.2) is 0 Å². The molecule has 0 spiro atoms. The van der Waals surface area contributed by atoms with E-state index < -0.39 is 29.9 Å². The molecule has 0 aromatic heterocycles. The van der Waals surface area contributed by atoms with E-state index in [2.05, 4.69) is 0 Å². The fraction of sp³-hybridized carbons (Fsp3) is 0.391. The summed E-state index contributed by atoms with van der Waals surface area (Å²) in [5.41, 5.74) is 0.241. The Morgan fingerprint density at radius 1 is 1.10 bits per heavy atom. The van der Waals surface area contributed by atoms with Crippen LogP contribution in [0.25, 0.3) is 0 Å². The molecule has 4 atom stereocenters. The van der Waals surface area contributed by atoms with Crippen molar-refractivity contribution in [2.24, 2.45) is 11.8 Å². The maximum absolute atomic E-state index is 14.1. The minimum atomic E-state index is -0.745. The minimum absolute atomic E-state index is 0.0495. The van der Waals surface area contributed by atoms with Crippen LogP contribution in [0.5, 0.6) is 5.75 Å². The van der Waals surface area contributed by atoms with Gasteiger partial charge in [0.25, 0.3) is 5.91 Å². The third-order valence-electron chi connectivity index (χ3n) is 6.10. The van der Waals surface area contributed by atoms with Gasteiger partial charge in [0.05, 0.1) is 18.8 Å². The quantitative estimate of drug-likeness (QED) is 0.725. The SMILES string of the molecule is COC(=O)c1ccccc1O[C@@H]1C[C@@H]2CN(C(=O)c3cc(Cl)ccc3F)C[C@@H]2C[C@H]1O. The van der Waals surface area contributed by atoms with Crippen molar-refractivity contribution in [3.63, 3.8) is 0 Å². The Morgan fingerprint density at radius 3 is 2.55 bits per heavy atom. The molecule has 6 nitrogen and oxygen atoms in total. The number of hydrogen-bond donors (Lipinski definition) is 1. The monoisotopic (exact) mass is 447 g/mol. The molecule has 1 saturated heterocycles. The molecule has 1 saturated carbocycles. The van der Waals surface area contributed by atoms with Crippen molar-refractivity contribution in [1.29, 1.82) is 0 Å². The first-order valence-electron chi connectivity index (χ1n) is 10.1. The molecular formula is C23H23ClFNO5. The van der Waals surface area contributed by atoms with Gasteiger partial charge in [-0.1, -0.05) is 23.7 Å². The number of nitrogens with zero attached hydrogens (tertiary/aromatic N) is 1. The van der Waals surface area contributed by atoms with Gasteiger partial charge < -0.3 is 19.5 Å². The highest BCUT2D eigenvalue weighted by atomic mass is 35.5.